The highest BCUT2D eigenvalue weighted by molar-refractivity contribution is 9.12. The number of amides is 1. The number of carbonyl (C=O) groups is 1. The second-order valence-electron chi connectivity index (χ2n) is 3.31. The number of anilines is 2. The van der Waals surface area contributed by atoms with Gasteiger partial charge in [0.15, 0.2) is 0 Å². The predicted octanol–water partition coefficient (Wildman–Crippen LogP) is 4.11. The summed E-state index contributed by atoms with van der Waals surface area (Å²) >= 11 is 8.15. The van der Waals surface area contributed by atoms with Crippen LogP contribution in [0.5, 0.6) is 0 Å². The summed E-state index contributed by atoms with van der Waals surface area (Å²) in [5.41, 5.74) is 7.57. The van der Waals surface area contributed by atoms with Crippen LogP contribution in [0.2, 0.25) is 0 Å². The van der Waals surface area contributed by atoms with Crippen LogP contribution in [-0.2, 0) is 0 Å². The van der Waals surface area contributed by atoms with Crippen molar-refractivity contribution in [1.82, 2.24) is 0 Å². The summed E-state index contributed by atoms with van der Waals surface area (Å²) in [6.45, 7) is 0. The van der Waals surface area contributed by atoms with Crippen LogP contribution >= 0.6 is 43.2 Å². The minimum absolute atomic E-state index is 0.149. The number of rotatable bonds is 2. The molecule has 0 unspecified atom stereocenters. The maximum absolute atomic E-state index is 11.9. The highest BCUT2D eigenvalue weighted by atomic mass is 79.9. The maximum atomic E-state index is 11.9. The Balaban J connectivity index is 2.17. The minimum atomic E-state index is -0.149. The normalized spacial score (nSPS) is 10.2. The Morgan fingerprint density at radius 2 is 1.88 bits per heavy atom. The van der Waals surface area contributed by atoms with E-state index >= 15 is 0 Å². The van der Waals surface area contributed by atoms with Gasteiger partial charge in [-0.25, -0.2) is 0 Å². The molecule has 0 saturated heterocycles. The van der Waals surface area contributed by atoms with Gasteiger partial charge in [0.25, 0.3) is 5.91 Å². The second kappa shape index (κ2) is 5.20. The molecule has 6 heteroatoms. The third-order valence-corrected chi connectivity index (χ3v) is 4.41. The topological polar surface area (TPSA) is 55.1 Å². The number of nitrogens with two attached hydrogens (primary N) is 1. The van der Waals surface area contributed by atoms with Crippen molar-refractivity contribution in [2.24, 2.45) is 0 Å². The molecule has 0 spiro atoms. The van der Waals surface area contributed by atoms with Crippen LogP contribution in [0.15, 0.2) is 37.9 Å². The lowest BCUT2D eigenvalue weighted by Crippen LogP contribution is -2.11. The lowest BCUT2D eigenvalue weighted by atomic mass is 10.2. The molecule has 0 radical (unpaired) electrons. The molecule has 1 heterocycles. The van der Waals surface area contributed by atoms with Gasteiger partial charge in [-0.15, -0.1) is 11.3 Å². The van der Waals surface area contributed by atoms with E-state index in [4.69, 9.17) is 5.73 Å². The number of nitrogen functional groups attached to an aromatic ring is 1. The van der Waals surface area contributed by atoms with Gasteiger partial charge in [-0.2, -0.15) is 0 Å². The van der Waals surface area contributed by atoms with E-state index in [-0.39, 0.29) is 5.91 Å². The number of halogens is 2. The van der Waals surface area contributed by atoms with E-state index < -0.39 is 0 Å². The third-order valence-electron chi connectivity index (χ3n) is 2.07. The molecular formula is C11H8Br2N2OS. The van der Waals surface area contributed by atoms with Crippen molar-refractivity contribution in [1.29, 1.82) is 0 Å². The van der Waals surface area contributed by atoms with Gasteiger partial charge in [0, 0.05) is 11.4 Å². The molecule has 3 nitrogen and oxygen atoms in total. The van der Waals surface area contributed by atoms with E-state index in [2.05, 4.69) is 37.2 Å². The highest BCUT2D eigenvalue weighted by Gasteiger charge is 2.13. The summed E-state index contributed by atoms with van der Waals surface area (Å²) in [5, 5.41) is 2.80. The van der Waals surface area contributed by atoms with Crippen LogP contribution in [0.3, 0.4) is 0 Å². The van der Waals surface area contributed by atoms with Crippen molar-refractivity contribution in [2.45, 2.75) is 0 Å². The zero-order chi connectivity index (χ0) is 12.4. The summed E-state index contributed by atoms with van der Waals surface area (Å²) in [7, 11) is 0. The summed E-state index contributed by atoms with van der Waals surface area (Å²) in [6.07, 6.45) is 0. The van der Waals surface area contributed by atoms with Crippen molar-refractivity contribution >= 4 is 60.5 Å². The van der Waals surface area contributed by atoms with Crippen LogP contribution in [0.4, 0.5) is 11.4 Å². The van der Waals surface area contributed by atoms with E-state index in [1.54, 1.807) is 30.3 Å². The zero-order valence-corrected chi connectivity index (χ0v) is 12.5. The molecule has 17 heavy (non-hydrogen) atoms. The first-order chi connectivity index (χ1) is 8.06. The Labute approximate surface area is 119 Å². The van der Waals surface area contributed by atoms with Crippen LogP contribution < -0.4 is 11.1 Å². The fourth-order valence-electron chi connectivity index (χ4n) is 1.26. The Morgan fingerprint density at radius 1 is 1.24 bits per heavy atom. The lowest BCUT2D eigenvalue weighted by Gasteiger charge is -2.04. The maximum Gasteiger partial charge on any atom is 0.257 e. The van der Waals surface area contributed by atoms with Crippen molar-refractivity contribution in [2.75, 3.05) is 11.1 Å². The molecular weight excluding hydrogens is 368 g/mol. The van der Waals surface area contributed by atoms with E-state index in [1.165, 1.54) is 11.3 Å². The molecule has 88 valence electrons. The monoisotopic (exact) mass is 374 g/mol. The number of carbonyl (C=O) groups excluding carboxylic acids is 1. The number of hydrogen-bond donors (Lipinski definition) is 2. The number of thiophene rings is 1. The van der Waals surface area contributed by atoms with Crippen LogP contribution in [-0.4, -0.2) is 5.91 Å². The molecule has 3 N–H and O–H groups in total. The van der Waals surface area contributed by atoms with Crippen LogP contribution in [0.25, 0.3) is 0 Å². The molecule has 0 aliphatic heterocycles. The zero-order valence-electron chi connectivity index (χ0n) is 8.54. The predicted molar refractivity (Wildman–Crippen MR) is 78.5 cm³/mol. The smallest absolute Gasteiger partial charge is 0.257 e. The largest absolute Gasteiger partial charge is 0.399 e. The first-order valence-electron chi connectivity index (χ1n) is 4.68. The third kappa shape index (κ3) is 3.08. The van der Waals surface area contributed by atoms with Gasteiger partial charge in [-0.05, 0) is 62.2 Å². The van der Waals surface area contributed by atoms with Gasteiger partial charge in [0.05, 0.1) is 13.1 Å². The summed E-state index contributed by atoms with van der Waals surface area (Å²) in [5.74, 6) is -0.149. The van der Waals surface area contributed by atoms with Gasteiger partial charge in [-0.3, -0.25) is 4.79 Å². The van der Waals surface area contributed by atoms with Crippen molar-refractivity contribution < 1.29 is 4.79 Å². The average Bonchev–Trinajstić information content (AvgIpc) is 2.61. The van der Waals surface area contributed by atoms with Crippen molar-refractivity contribution in [3.05, 3.63) is 43.5 Å². The average molecular weight is 376 g/mol. The van der Waals surface area contributed by atoms with Gasteiger partial charge in [-0.1, -0.05) is 0 Å². The second-order valence-corrected chi connectivity index (χ2v) is 7.06. The molecule has 2 rings (SSSR count). The molecule has 0 saturated carbocycles. The van der Waals surface area contributed by atoms with Crippen molar-refractivity contribution in [3.8, 4) is 0 Å². The van der Waals surface area contributed by atoms with Gasteiger partial charge >= 0.3 is 0 Å². The summed E-state index contributed by atoms with van der Waals surface area (Å²) in [6, 6.07) is 8.80. The molecule has 1 aromatic carbocycles. The summed E-state index contributed by atoms with van der Waals surface area (Å²) in [4.78, 5) is 11.9. The first-order valence-corrected chi connectivity index (χ1v) is 7.08. The van der Waals surface area contributed by atoms with Gasteiger partial charge in [0.2, 0.25) is 0 Å². The first kappa shape index (κ1) is 12.6. The van der Waals surface area contributed by atoms with Crippen LogP contribution in [0, 0.1) is 0 Å². The molecule has 1 aromatic heterocycles. The Bertz CT molecular complexity index is 551. The van der Waals surface area contributed by atoms with E-state index in [9.17, 15) is 4.79 Å². The molecule has 0 aliphatic rings. The Kier molecular flexibility index (Phi) is 3.86. The fourth-order valence-corrected chi connectivity index (χ4v) is 4.05. The minimum Gasteiger partial charge on any atom is -0.399 e. The molecule has 0 fully saturated rings. The number of nitrogens with one attached hydrogen (secondary N) is 1. The van der Waals surface area contributed by atoms with Gasteiger partial charge in [0.1, 0.15) is 0 Å². The highest BCUT2D eigenvalue weighted by Crippen LogP contribution is 2.32. The van der Waals surface area contributed by atoms with Crippen molar-refractivity contribution in [3.63, 3.8) is 0 Å². The number of hydrogen-bond acceptors (Lipinski definition) is 3. The molecule has 0 atom stereocenters. The number of benzene rings is 1. The van der Waals surface area contributed by atoms with E-state index in [1.807, 2.05) is 0 Å². The van der Waals surface area contributed by atoms with E-state index in [0.29, 0.717) is 11.3 Å². The van der Waals surface area contributed by atoms with E-state index in [0.717, 1.165) is 13.3 Å². The standard InChI is InChI=1S/C11H8Br2N2OS/c12-9-5-8(10(13)17-9)11(16)15-7-3-1-6(14)2-4-7/h1-5H,14H2,(H,15,16). The molecule has 2 aromatic rings. The summed E-state index contributed by atoms with van der Waals surface area (Å²) < 4.78 is 1.71. The Hall–Kier alpha value is -0.850. The molecule has 0 bridgehead atoms. The lowest BCUT2D eigenvalue weighted by molar-refractivity contribution is 0.102. The quantitative estimate of drug-likeness (QED) is 0.776. The molecule has 0 aliphatic carbocycles. The Morgan fingerprint density at radius 3 is 2.41 bits per heavy atom. The van der Waals surface area contributed by atoms with Crippen LogP contribution in [0.1, 0.15) is 10.4 Å². The molecule has 1 amide bonds. The van der Waals surface area contributed by atoms with Gasteiger partial charge < -0.3 is 11.1 Å². The SMILES string of the molecule is Nc1ccc(NC(=O)c2cc(Br)sc2Br)cc1. The fraction of sp³-hybridized carbons (Fsp3) is 0.